The molecule has 2 heterocycles. The number of nitrogens with one attached hydrogen (secondary N) is 2. The van der Waals surface area contributed by atoms with E-state index in [0.29, 0.717) is 25.5 Å². The second kappa shape index (κ2) is 9.57. The van der Waals surface area contributed by atoms with Gasteiger partial charge in [-0.3, -0.25) is 9.59 Å². The van der Waals surface area contributed by atoms with Gasteiger partial charge in [0.05, 0.1) is 6.54 Å². The van der Waals surface area contributed by atoms with Crippen LogP contribution in [0.1, 0.15) is 28.9 Å². The van der Waals surface area contributed by atoms with Crippen LogP contribution < -0.4 is 10.6 Å². The minimum atomic E-state index is -0.454. The third kappa shape index (κ3) is 5.00. The van der Waals surface area contributed by atoms with Crippen LogP contribution in [-0.4, -0.2) is 43.3 Å². The summed E-state index contributed by atoms with van der Waals surface area (Å²) in [6, 6.07) is 21.1. The van der Waals surface area contributed by atoms with Crippen LogP contribution >= 0.6 is 0 Å². The standard InChI is InChI=1S/C24H25N3O4/c28-22(26-17-24(11-13-30-14-12-24)19-9-5-2-6-10-19)16-25-23(29)20-15-21(31-27-20)18-7-3-1-4-8-18/h1-10,15H,11-14,16-17H2,(H,25,29)(H,26,28). The maximum atomic E-state index is 12.4. The summed E-state index contributed by atoms with van der Waals surface area (Å²) in [4.78, 5) is 24.8. The Hall–Kier alpha value is -3.45. The van der Waals surface area contributed by atoms with Crippen LogP contribution in [0.2, 0.25) is 0 Å². The molecule has 0 bridgehead atoms. The van der Waals surface area contributed by atoms with Gasteiger partial charge in [0.25, 0.3) is 5.91 Å². The monoisotopic (exact) mass is 419 g/mol. The van der Waals surface area contributed by atoms with Crippen molar-refractivity contribution in [3.63, 3.8) is 0 Å². The summed E-state index contributed by atoms with van der Waals surface area (Å²) < 4.78 is 10.8. The molecule has 4 rings (SSSR count). The van der Waals surface area contributed by atoms with E-state index in [1.165, 1.54) is 5.56 Å². The molecule has 0 radical (unpaired) electrons. The van der Waals surface area contributed by atoms with Crippen molar-refractivity contribution in [1.82, 2.24) is 15.8 Å². The van der Waals surface area contributed by atoms with Gasteiger partial charge in [0.15, 0.2) is 11.5 Å². The molecule has 0 aliphatic carbocycles. The summed E-state index contributed by atoms with van der Waals surface area (Å²) >= 11 is 0. The van der Waals surface area contributed by atoms with Gasteiger partial charge < -0.3 is 19.9 Å². The highest BCUT2D eigenvalue weighted by Gasteiger charge is 2.34. The third-order valence-electron chi connectivity index (χ3n) is 5.67. The number of aromatic nitrogens is 1. The summed E-state index contributed by atoms with van der Waals surface area (Å²) in [5, 5.41) is 9.39. The molecular weight excluding hydrogens is 394 g/mol. The van der Waals surface area contributed by atoms with Gasteiger partial charge in [0, 0.05) is 36.8 Å². The SMILES string of the molecule is O=C(CNC(=O)c1cc(-c2ccccc2)on1)NCC1(c2ccccc2)CCOCC1. The quantitative estimate of drug-likeness (QED) is 0.614. The van der Waals surface area contributed by atoms with Gasteiger partial charge >= 0.3 is 0 Å². The fourth-order valence-electron chi connectivity index (χ4n) is 3.82. The molecule has 1 saturated heterocycles. The molecule has 1 aromatic heterocycles. The second-order valence-corrected chi connectivity index (χ2v) is 7.66. The van der Waals surface area contributed by atoms with Gasteiger partial charge in [-0.05, 0) is 18.4 Å². The highest BCUT2D eigenvalue weighted by Crippen LogP contribution is 2.34. The van der Waals surface area contributed by atoms with E-state index in [-0.39, 0.29) is 23.6 Å². The average Bonchev–Trinajstić information content (AvgIpc) is 3.33. The average molecular weight is 419 g/mol. The number of carbonyl (C=O) groups excluding carboxylic acids is 2. The molecule has 1 aliphatic rings. The van der Waals surface area contributed by atoms with Gasteiger partial charge in [-0.1, -0.05) is 65.8 Å². The Balaban J connectivity index is 1.32. The summed E-state index contributed by atoms with van der Waals surface area (Å²) in [5.74, 6) is -0.202. The largest absolute Gasteiger partial charge is 0.381 e. The Kier molecular flexibility index (Phi) is 6.43. The van der Waals surface area contributed by atoms with Gasteiger partial charge in [-0.2, -0.15) is 0 Å². The van der Waals surface area contributed by atoms with Crippen LogP contribution in [0.15, 0.2) is 71.3 Å². The number of hydrogen-bond acceptors (Lipinski definition) is 5. The lowest BCUT2D eigenvalue weighted by atomic mass is 9.74. The fourth-order valence-corrected chi connectivity index (χ4v) is 3.82. The van der Waals surface area contributed by atoms with Gasteiger partial charge in [0.1, 0.15) is 0 Å². The van der Waals surface area contributed by atoms with Crippen molar-refractivity contribution in [2.75, 3.05) is 26.3 Å². The fraction of sp³-hybridized carbons (Fsp3) is 0.292. The topological polar surface area (TPSA) is 93.5 Å². The zero-order chi connectivity index (χ0) is 21.5. The molecule has 0 spiro atoms. The second-order valence-electron chi connectivity index (χ2n) is 7.66. The number of carbonyl (C=O) groups is 2. The Morgan fingerprint density at radius 1 is 0.935 bits per heavy atom. The predicted octanol–water partition coefficient (Wildman–Crippen LogP) is 2.94. The zero-order valence-electron chi connectivity index (χ0n) is 17.2. The Bertz CT molecular complexity index is 1010. The lowest BCUT2D eigenvalue weighted by molar-refractivity contribution is -0.120. The Morgan fingerprint density at radius 3 is 2.32 bits per heavy atom. The molecule has 1 fully saturated rings. The highest BCUT2D eigenvalue weighted by molar-refractivity contribution is 5.95. The molecule has 2 aromatic carbocycles. The van der Waals surface area contributed by atoms with Crippen LogP contribution in [0.3, 0.4) is 0 Å². The molecule has 0 saturated carbocycles. The van der Waals surface area contributed by atoms with Crippen molar-refractivity contribution < 1.29 is 18.8 Å². The predicted molar refractivity (Wildman–Crippen MR) is 115 cm³/mol. The Morgan fingerprint density at radius 2 is 1.61 bits per heavy atom. The molecule has 1 aliphatic heterocycles. The van der Waals surface area contributed by atoms with E-state index in [2.05, 4.69) is 27.9 Å². The summed E-state index contributed by atoms with van der Waals surface area (Å²) in [6.45, 7) is 1.69. The number of rotatable bonds is 7. The first-order chi connectivity index (χ1) is 15.2. The molecule has 2 amide bonds. The van der Waals surface area contributed by atoms with Crippen LogP contribution in [0.25, 0.3) is 11.3 Å². The van der Waals surface area contributed by atoms with Crippen LogP contribution in [0.4, 0.5) is 0 Å². The van der Waals surface area contributed by atoms with Crippen LogP contribution in [0, 0.1) is 0 Å². The van der Waals surface area contributed by atoms with Gasteiger partial charge in [-0.25, -0.2) is 0 Å². The van der Waals surface area contributed by atoms with Crippen molar-refractivity contribution in [3.8, 4) is 11.3 Å². The minimum absolute atomic E-state index is 0.131. The number of benzene rings is 2. The minimum Gasteiger partial charge on any atom is -0.381 e. The molecule has 7 nitrogen and oxygen atoms in total. The van der Waals surface area contributed by atoms with Crippen molar-refractivity contribution >= 4 is 11.8 Å². The summed E-state index contributed by atoms with van der Waals surface area (Å²) in [5.41, 5.74) is 2.00. The molecular formula is C24H25N3O4. The number of nitrogens with zero attached hydrogens (tertiary/aromatic N) is 1. The van der Waals surface area contributed by atoms with E-state index < -0.39 is 5.91 Å². The molecule has 2 N–H and O–H groups in total. The van der Waals surface area contributed by atoms with Gasteiger partial charge in [-0.15, -0.1) is 0 Å². The molecule has 0 unspecified atom stereocenters. The first kappa shape index (κ1) is 20.8. The number of ether oxygens (including phenoxy) is 1. The normalized spacial score (nSPS) is 15.2. The lowest BCUT2D eigenvalue weighted by Crippen LogP contribution is -2.47. The maximum Gasteiger partial charge on any atom is 0.273 e. The molecule has 7 heteroatoms. The third-order valence-corrected chi connectivity index (χ3v) is 5.67. The van der Waals surface area contributed by atoms with Crippen molar-refractivity contribution in [3.05, 3.63) is 78.0 Å². The number of hydrogen-bond donors (Lipinski definition) is 2. The van der Waals surface area contributed by atoms with Crippen molar-refractivity contribution in [2.45, 2.75) is 18.3 Å². The van der Waals surface area contributed by atoms with E-state index in [1.54, 1.807) is 6.07 Å². The Labute approximate surface area is 180 Å². The van der Waals surface area contributed by atoms with E-state index in [0.717, 1.165) is 18.4 Å². The van der Waals surface area contributed by atoms with Crippen molar-refractivity contribution in [1.29, 1.82) is 0 Å². The molecule has 31 heavy (non-hydrogen) atoms. The van der Waals surface area contributed by atoms with E-state index >= 15 is 0 Å². The van der Waals surface area contributed by atoms with E-state index in [9.17, 15) is 9.59 Å². The molecule has 0 atom stereocenters. The maximum absolute atomic E-state index is 12.4. The highest BCUT2D eigenvalue weighted by atomic mass is 16.5. The summed E-state index contributed by atoms with van der Waals surface area (Å²) in [6.07, 6.45) is 1.68. The van der Waals surface area contributed by atoms with Crippen LogP contribution in [-0.2, 0) is 14.9 Å². The van der Waals surface area contributed by atoms with E-state index in [1.807, 2.05) is 48.5 Å². The molecule has 160 valence electrons. The first-order valence-electron chi connectivity index (χ1n) is 10.4. The lowest BCUT2D eigenvalue weighted by Gasteiger charge is -2.38. The van der Waals surface area contributed by atoms with Crippen molar-refractivity contribution in [2.24, 2.45) is 0 Å². The van der Waals surface area contributed by atoms with Crippen LogP contribution in [0.5, 0.6) is 0 Å². The molecule has 3 aromatic rings. The first-order valence-corrected chi connectivity index (χ1v) is 10.4. The van der Waals surface area contributed by atoms with E-state index in [4.69, 9.17) is 9.26 Å². The van der Waals surface area contributed by atoms with Gasteiger partial charge in [0.2, 0.25) is 5.91 Å². The smallest absolute Gasteiger partial charge is 0.273 e. The number of amides is 2. The summed E-state index contributed by atoms with van der Waals surface area (Å²) in [7, 11) is 0. The zero-order valence-corrected chi connectivity index (χ0v) is 17.2.